The van der Waals surface area contributed by atoms with Gasteiger partial charge in [0.1, 0.15) is 23.5 Å². The van der Waals surface area contributed by atoms with E-state index in [1.165, 1.54) is 43.5 Å². The number of nitrogens with one attached hydrogen (secondary N) is 1. The van der Waals surface area contributed by atoms with E-state index in [2.05, 4.69) is 14.7 Å². The van der Waals surface area contributed by atoms with Gasteiger partial charge in [-0.15, -0.1) is 13.2 Å². The Labute approximate surface area is 151 Å². The Kier molecular flexibility index (Phi) is 5.62. The maximum absolute atomic E-state index is 13.4. The number of nitrogens with zero attached hydrogens (tertiary/aromatic N) is 1. The molecule has 2 aromatic carbocycles. The van der Waals surface area contributed by atoms with Crippen LogP contribution in [0.5, 0.6) is 5.75 Å². The molecule has 0 aliphatic rings. The molecule has 0 bridgehead atoms. The molecule has 144 valence electrons. The molecule has 0 radical (unpaired) electrons. The molecule has 0 amide bonds. The molecule has 1 unspecified atom stereocenters. The number of ether oxygens (including phenoxy) is 3. The summed E-state index contributed by atoms with van der Waals surface area (Å²) in [5.74, 6) is -0.365. The Morgan fingerprint density at radius 2 is 1.81 bits per heavy atom. The van der Waals surface area contributed by atoms with Crippen LogP contribution in [-0.2, 0) is 9.47 Å². The molecular formula is C18H16F4N2O3. The third-order valence-corrected chi connectivity index (χ3v) is 3.70. The average molecular weight is 384 g/mol. The van der Waals surface area contributed by atoms with Gasteiger partial charge >= 0.3 is 6.36 Å². The van der Waals surface area contributed by atoms with Crippen molar-refractivity contribution in [3.05, 3.63) is 59.7 Å². The molecule has 1 N–H and O–H groups in total. The number of hydrogen-bond donors (Lipinski definition) is 1. The van der Waals surface area contributed by atoms with Gasteiger partial charge < -0.3 is 19.2 Å². The van der Waals surface area contributed by atoms with Crippen LogP contribution < -0.4 is 4.74 Å². The molecule has 1 aromatic heterocycles. The smallest absolute Gasteiger partial charge is 0.406 e. The van der Waals surface area contributed by atoms with Gasteiger partial charge in [0.2, 0.25) is 0 Å². The number of hydrogen-bond acceptors (Lipinski definition) is 4. The number of fused-ring (bicyclic) bond motifs is 1. The molecule has 0 fully saturated rings. The van der Waals surface area contributed by atoms with E-state index >= 15 is 0 Å². The maximum atomic E-state index is 13.4. The Morgan fingerprint density at radius 1 is 1.07 bits per heavy atom. The zero-order valence-corrected chi connectivity index (χ0v) is 14.2. The average Bonchev–Trinajstić information content (AvgIpc) is 3.01. The lowest BCUT2D eigenvalue weighted by molar-refractivity contribution is -0.274. The van der Waals surface area contributed by atoms with E-state index < -0.39 is 18.3 Å². The summed E-state index contributed by atoms with van der Waals surface area (Å²) < 4.78 is 65.0. The third-order valence-electron chi connectivity index (χ3n) is 3.70. The van der Waals surface area contributed by atoms with Crippen LogP contribution in [0.25, 0.3) is 11.0 Å². The number of H-pyrrole nitrogens is 1. The van der Waals surface area contributed by atoms with Crippen molar-refractivity contribution in [1.82, 2.24) is 9.97 Å². The van der Waals surface area contributed by atoms with Gasteiger partial charge in [-0.3, -0.25) is 0 Å². The molecule has 1 atom stereocenters. The Bertz CT molecular complexity index is 894. The molecule has 5 nitrogen and oxygen atoms in total. The number of imidazole rings is 1. The van der Waals surface area contributed by atoms with Crippen LogP contribution in [0.2, 0.25) is 0 Å². The molecular weight excluding hydrogens is 368 g/mol. The van der Waals surface area contributed by atoms with Crippen molar-refractivity contribution < 1.29 is 31.8 Å². The Hall–Kier alpha value is -2.65. The van der Waals surface area contributed by atoms with Crippen molar-refractivity contribution in [2.24, 2.45) is 0 Å². The molecule has 0 aliphatic carbocycles. The lowest BCUT2D eigenvalue weighted by Crippen LogP contribution is -2.17. The normalized spacial score (nSPS) is 13.1. The van der Waals surface area contributed by atoms with E-state index in [1.54, 1.807) is 6.07 Å². The minimum atomic E-state index is -4.77. The molecule has 0 saturated carbocycles. The monoisotopic (exact) mass is 384 g/mol. The van der Waals surface area contributed by atoms with E-state index in [0.717, 1.165) is 0 Å². The molecule has 0 spiro atoms. The molecule has 0 aliphatic heterocycles. The summed E-state index contributed by atoms with van der Waals surface area (Å²) >= 11 is 0. The zero-order valence-electron chi connectivity index (χ0n) is 14.2. The van der Waals surface area contributed by atoms with Crippen molar-refractivity contribution in [3.8, 4) is 5.75 Å². The number of rotatable bonds is 7. The highest BCUT2D eigenvalue weighted by Crippen LogP contribution is 2.29. The highest BCUT2D eigenvalue weighted by molar-refractivity contribution is 5.75. The Balaban J connectivity index is 1.90. The number of halogens is 4. The van der Waals surface area contributed by atoms with Crippen molar-refractivity contribution in [2.45, 2.75) is 12.5 Å². The number of alkyl halides is 3. The highest BCUT2D eigenvalue weighted by Gasteiger charge is 2.31. The first-order valence-corrected chi connectivity index (χ1v) is 7.97. The van der Waals surface area contributed by atoms with Gasteiger partial charge in [-0.2, -0.15) is 0 Å². The van der Waals surface area contributed by atoms with E-state index in [9.17, 15) is 17.6 Å². The molecule has 9 heteroatoms. The summed E-state index contributed by atoms with van der Waals surface area (Å²) in [7, 11) is 1.52. The summed E-state index contributed by atoms with van der Waals surface area (Å²) in [6, 6.07) is 9.41. The molecule has 1 heterocycles. The fourth-order valence-corrected chi connectivity index (χ4v) is 2.55. The number of methoxy groups -OCH3 is 1. The summed E-state index contributed by atoms with van der Waals surface area (Å²) in [6.07, 6.45) is -5.46. The van der Waals surface area contributed by atoms with Gasteiger partial charge in [0.15, 0.2) is 0 Å². The van der Waals surface area contributed by atoms with Gasteiger partial charge in [0.05, 0.1) is 24.2 Å². The molecule has 3 rings (SSSR count). The molecule has 3 aromatic rings. The minimum Gasteiger partial charge on any atom is -0.406 e. The maximum Gasteiger partial charge on any atom is 0.573 e. The number of benzene rings is 2. The van der Waals surface area contributed by atoms with E-state index in [0.29, 0.717) is 29.0 Å². The predicted molar refractivity (Wildman–Crippen MR) is 88.8 cm³/mol. The van der Waals surface area contributed by atoms with Crippen LogP contribution in [0.3, 0.4) is 0 Å². The second-order valence-electron chi connectivity index (χ2n) is 5.64. The third kappa shape index (κ3) is 4.95. The SMILES string of the molecule is COCCOC(c1ccc(OC(F)(F)F)cc1)c1nc2cc(F)ccc2[nH]1. The summed E-state index contributed by atoms with van der Waals surface area (Å²) in [6.45, 7) is 0.550. The van der Waals surface area contributed by atoms with Crippen molar-refractivity contribution in [1.29, 1.82) is 0 Å². The lowest BCUT2D eigenvalue weighted by Gasteiger charge is -2.17. The summed E-state index contributed by atoms with van der Waals surface area (Å²) in [4.78, 5) is 7.38. The van der Waals surface area contributed by atoms with Crippen LogP contribution in [0.15, 0.2) is 42.5 Å². The molecule has 0 saturated heterocycles. The van der Waals surface area contributed by atoms with Gasteiger partial charge in [-0.1, -0.05) is 12.1 Å². The van der Waals surface area contributed by atoms with Crippen molar-refractivity contribution in [2.75, 3.05) is 20.3 Å². The van der Waals surface area contributed by atoms with E-state index in [1.807, 2.05) is 0 Å². The van der Waals surface area contributed by atoms with E-state index in [4.69, 9.17) is 9.47 Å². The predicted octanol–water partition coefficient (Wildman–Crippen LogP) is 4.35. The summed E-state index contributed by atoms with van der Waals surface area (Å²) in [5.41, 5.74) is 1.59. The zero-order chi connectivity index (χ0) is 19.4. The first-order chi connectivity index (χ1) is 12.9. The number of aromatic nitrogens is 2. The largest absolute Gasteiger partial charge is 0.573 e. The molecule has 27 heavy (non-hydrogen) atoms. The topological polar surface area (TPSA) is 56.4 Å². The number of aromatic amines is 1. The fraction of sp³-hybridized carbons (Fsp3) is 0.278. The Morgan fingerprint density at radius 3 is 2.48 bits per heavy atom. The van der Waals surface area contributed by atoms with Crippen molar-refractivity contribution in [3.63, 3.8) is 0 Å². The van der Waals surface area contributed by atoms with Crippen LogP contribution in [-0.4, -0.2) is 36.7 Å². The lowest BCUT2D eigenvalue weighted by atomic mass is 10.1. The second-order valence-corrected chi connectivity index (χ2v) is 5.64. The van der Waals surface area contributed by atoms with Gasteiger partial charge in [0.25, 0.3) is 0 Å². The van der Waals surface area contributed by atoms with Crippen molar-refractivity contribution >= 4 is 11.0 Å². The van der Waals surface area contributed by atoms with Gasteiger partial charge in [-0.25, -0.2) is 9.37 Å². The highest BCUT2D eigenvalue weighted by atomic mass is 19.4. The van der Waals surface area contributed by atoms with Crippen LogP contribution >= 0.6 is 0 Å². The standard InChI is InChI=1S/C18H16F4N2O3/c1-25-8-9-26-16(11-2-5-13(6-3-11)27-18(20,21)22)17-23-14-7-4-12(19)10-15(14)24-17/h2-7,10,16H,8-9H2,1H3,(H,23,24). The first kappa shape index (κ1) is 19.1. The first-order valence-electron chi connectivity index (χ1n) is 7.97. The van der Waals surface area contributed by atoms with Crippen LogP contribution in [0.4, 0.5) is 17.6 Å². The van der Waals surface area contributed by atoms with Crippen LogP contribution in [0, 0.1) is 5.82 Å². The van der Waals surface area contributed by atoms with Gasteiger partial charge in [-0.05, 0) is 29.8 Å². The van der Waals surface area contributed by atoms with Crippen LogP contribution in [0.1, 0.15) is 17.5 Å². The minimum absolute atomic E-state index is 0.230. The quantitative estimate of drug-likeness (QED) is 0.486. The van der Waals surface area contributed by atoms with E-state index in [-0.39, 0.29) is 12.4 Å². The van der Waals surface area contributed by atoms with Gasteiger partial charge in [0, 0.05) is 13.2 Å². The fourth-order valence-electron chi connectivity index (χ4n) is 2.55. The second kappa shape index (κ2) is 7.93. The summed E-state index contributed by atoms with van der Waals surface area (Å²) in [5, 5.41) is 0.